The van der Waals surface area contributed by atoms with Crippen LogP contribution >= 0.6 is 0 Å². The Balaban J connectivity index is 1.78. The van der Waals surface area contributed by atoms with E-state index >= 15 is 0 Å². The van der Waals surface area contributed by atoms with E-state index in [0.717, 1.165) is 29.6 Å². The summed E-state index contributed by atoms with van der Waals surface area (Å²) in [6, 6.07) is 0. The second-order valence-electron chi connectivity index (χ2n) is 8.53. The summed E-state index contributed by atoms with van der Waals surface area (Å²) < 4.78 is 6.39. The predicted molar refractivity (Wildman–Crippen MR) is 91.4 cm³/mol. The fraction of sp³-hybridized carbons (Fsp3) is 1.00. The van der Waals surface area contributed by atoms with Crippen LogP contribution in [-0.4, -0.2) is 12.2 Å². The van der Waals surface area contributed by atoms with Gasteiger partial charge in [-0.2, -0.15) is 0 Å². The summed E-state index contributed by atoms with van der Waals surface area (Å²) in [5.74, 6) is 4.36. The average molecular weight is 295 g/mol. The normalized spacial score (nSPS) is 38.9. The highest BCUT2D eigenvalue weighted by Crippen LogP contribution is 2.41. The smallest absolute Gasteiger partial charge is 0.0610 e. The van der Waals surface area contributed by atoms with Crippen molar-refractivity contribution in [2.45, 2.75) is 98.2 Å². The van der Waals surface area contributed by atoms with Gasteiger partial charge in [-0.25, -0.2) is 0 Å². The van der Waals surface area contributed by atoms with Crippen molar-refractivity contribution in [3.05, 3.63) is 0 Å². The van der Waals surface area contributed by atoms with Crippen molar-refractivity contribution in [1.29, 1.82) is 0 Å². The fourth-order valence-corrected chi connectivity index (χ4v) is 4.91. The molecule has 4 atom stereocenters. The van der Waals surface area contributed by atoms with Crippen LogP contribution in [0.5, 0.6) is 0 Å². The highest BCUT2D eigenvalue weighted by atomic mass is 16.5. The number of hydrogen-bond donors (Lipinski definition) is 0. The maximum Gasteiger partial charge on any atom is 0.0610 e. The highest BCUT2D eigenvalue weighted by molar-refractivity contribution is 4.87. The van der Waals surface area contributed by atoms with Crippen LogP contribution in [0.1, 0.15) is 86.0 Å². The lowest BCUT2D eigenvalue weighted by atomic mass is 9.76. The molecule has 0 aromatic heterocycles. The van der Waals surface area contributed by atoms with E-state index in [9.17, 15) is 0 Å². The summed E-state index contributed by atoms with van der Waals surface area (Å²) in [5.41, 5.74) is 0. The first-order valence-corrected chi connectivity index (χ1v) is 9.65. The van der Waals surface area contributed by atoms with Crippen molar-refractivity contribution in [2.75, 3.05) is 0 Å². The molecule has 2 rings (SSSR count). The first kappa shape index (κ1) is 17.3. The van der Waals surface area contributed by atoms with E-state index in [1.165, 1.54) is 51.4 Å². The molecule has 4 unspecified atom stereocenters. The molecule has 0 bridgehead atoms. The molecule has 0 N–H and O–H groups in total. The molecule has 2 aliphatic rings. The zero-order chi connectivity index (χ0) is 15.4. The van der Waals surface area contributed by atoms with Crippen LogP contribution in [0.4, 0.5) is 0 Å². The van der Waals surface area contributed by atoms with Crippen LogP contribution in [-0.2, 0) is 4.74 Å². The Morgan fingerprint density at radius 1 is 1.05 bits per heavy atom. The Morgan fingerprint density at radius 2 is 1.71 bits per heavy atom. The van der Waals surface area contributed by atoms with Gasteiger partial charge in [0.2, 0.25) is 0 Å². The van der Waals surface area contributed by atoms with Gasteiger partial charge >= 0.3 is 0 Å². The van der Waals surface area contributed by atoms with Gasteiger partial charge in [0, 0.05) is 0 Å². The van der Waals surface area contributed by atoms with Gasteiger partial charge < -0.3 is 4.74 Å². The van der Waals surface area contributed by atoms with Crippen LogP contribution in [0.15, 0.2) is 0 Å². The molecule has 1 nitrogen and oxygen atoms in total. The van der Waals surface area contributed by atoms with Crippen LogP contribution in [0, 0.1) is 29.6 Å². The van der Waals surface area contributed by atoms with Crippen LogP contribution in [0.25, 0.3) is 0 Å². The predicted octanol–water partition coefficient (Wildman–Crippen LogP) is 6.07. The summed E-state index contributed by atoms with van der Waals surface area (Å²) in [5, 5.41) is 0. The first-order chi connectivity index (χ1) is 9.99. The second-order valence-corrected chi connectivity index (χ2v) is 8.53. The van der Waals surface area contributed by atoms with Gasteiger partial charge in [-0.15, -0.1) is 0 Å². The molecule has 0 aromatic carbocycles. The van der Waals surface area contributed by atoms with E-state index in [1.54, 1.807) is 0 Å². The molecule has 1 heteroatoms. The van der Waals surface area contributed by atoms with Crippen LogP contribution in [0.2, 0.25) is 0 Å². The molecule has 0 spiro atoms. The lowest BCUT2D eigenvalue weighted by Crippen LogP contribution is -2.25. The van der Waals surface area contributed by atoms with E-state index in [0.29, 0.717) is 12.2 Å². The van der Waals surface area contributed by atoms with Gasteiger partial charge in [-0.05, 0) is 68.6 Å². The van der Waals surface area contributed by atoms with Crippen molar-refractivity contribution in [3.63, 3.8) is 0 Å². The molecular formula is C20H38O. The fourth-order valence-electron chi connectivity index (χ4n) is 4.91. The van der Waals surface area contributed by atoms with E-state index in [1.807, 2.05) is 0 Å². The van der Waals surface area contributed by atoms with E-state index in [2.05, 4.69) is 34.6 Å². The van der Waals surface area contributed by atoms with Gasteiger partial charge in [0.15, 0.2) is 0 Å². The van der Waals surface area contributed by atoms with E-state index in [4.69, 9.17) is 4.74 Å². The summed E-state index contributed by atoms with van der Waals surface area (Å²) >= 11 is 0. The van der Waals surface area contributed by atoms with Crippen molar-refractivity contribution in [3.8, 4) is 0 Å². The molecule has 0 radical (unpaired) electrons. The quantitative estimate of drug-likeness (QED) is 0.578. The second kappa shape index (κ2) is 7.99. The van der Waals surface area contributed by atoms with Crippen molar-refractivity contribution >= 4 is 0 Å². The number of ether oxygens (including phenoxy) is 1. The molecule has 1 saturated carbocycles. The Labute approximate surface area is 133 Å². The van der Waals surface area contributed by atoms with Gasteiger partial charge in [-0.3, -0.25) is 0 Å². The van der Waals surface area contributed by atoms with Crippen molar-refractivity contribution in [1.82, 2.24) is 0 Å². The number of rotatable bonds is 6. The summed E-state index contributed by atoms with van der Waals surface area (Å²) in [6.45, 7) is 11.8. The van der Waals surface area contributed by atoms with Gasteiger partial charge in [0.25, 0.3) is 0 Å². The number of hydrogen-bond acceptors (Lipinski definition) is 1. The average Bonchev–Trinajstić information content (AvgIpc) is 2.79. The minimum Gasteiger partial charge on any atom is -0.375 e. The van der Waals surface area contributed by atoms with Gasteiger partial charge in [-0.1, -0.05) is 47.0 Å². The molecule has 1 heterocycles. The minimum absolute atomic E-state index is 0.494. The lowest BCUT2D eigenvalue weighted by molar-refractivity contribution is -0.00258. The molecule has 2 fully saturated rings. The Morgan fingerprint density at radius 3 is 2.29 bits per heavy atom. The van der Waals surface area contributed by atoms with E-state index in [-0.39, 0.29) is 0 Å². The zero-order valence-electron chi connectivity index (χ0n) is 15.1. The topological polar surface area (TPSA) is 9.23 Å². The van der Waals surface area contributed by atoms with Crippen molar-refractivity contribution in [2.24, 2.45) is 29.6 Å². The molecule has 1 aliphatic heterocycles. The maximum atomic E-state index is 6.39. The molecule has 0 aromatic rings. The van der Waals surface area contributed by atoms with Gasteiger partial charge in [0.05, 0.1) is 12.2 Å². The summed E-state index contributed by atoms with van der Waals surface area (Å²) in [7, 11) is 0. The molecule has 1 saturated heterocycles. The standard InChI is InChI=1S/C20H38O/c1-6-17-7-9-18(10-8-17)20-13-19(16(5)21-20)12-15(4)11-14(2)3/h14-20H,6-13H2,1-5H3. The first-order valence-electron chi connectivity index (χ1n) is 9.65. The third-order valence-electron chi connectivity index (χ3n) is 6.16. The SMILES string of the molecule is CCC1CCC(C2CC(CC(C)CC(C)C)C(C)O2)CC1. The Bertz CT molecular complexity index is 290. The largest absolute Gasteiger partial charge is 0.375 e. The molecule has 124 valence electrons. The monoisotopic (exact) mass is 294 g/mol. The third-order valence-corrected chi connectivity index (χ3v) is 6.16. The Hall–Kier alpha value is -0.0400. The van der Waals surface area contributed by atoms with Gasteiger partial charge in [0.1, 0.15) is 0 Å². The minimum atomic E-state index is 0.494. The summed E-state index contributed by atoms with van der Waals surface area (Å²) in [6.07, 6.45) is 12.3. The zero-order valence-corrected chi connectivity index (χ0v) is 15.1. The van der Waals surface area contributed by atoms with E-state index < -0.39 is 0 Å². The van der Waals surface area contributed by atoms with Crippen LogP contribution in [0.3, 0.4) is 0 Å². The highest BCUT2D eigenvalue weighted by Gasteiger charge is 2.38. The molecule has 0 amide bonds. The maximum absolute atomic E-state index is 6.39. The van der Waals surface area contributed by atoms with Crippen LogP contribution < -0.4 is 0 Å². The molecular weight excluding hydrogens is 256 g/mol. The Kier molecular flexibility index (Phi) is 6.59. The molecule has 21 heavy (non-hydrogen) atoms. The third kappa shape index (κ3) is 4.98. The summed E-state index contributed by atoms with van der Waals surface area (Å²) in [4.78, 5) is 0. The lowest BCUT2D eigenvalue weighted by Gasteiger charge is -2.31. The molecule has 1 aliphatic carbocycles. The van der Waals surface area contributed by atoms with Crippen molar-refractivity contribution < 1.29 is 4.74 Å².